The molecule has 3 heterocycles. The number of aromatic amines is 1. The van der Waals surface area contributed by atoms with Gasteiger partial charge in [-0.1, -0.05) is 13.8 Å². The molecule has 0 saturated carbocycles. The largest absolute Gasteiger partial charge is 0.497 e. The van der Waals surface area contributed by atoms with Gasteiger partial charge in [0.05, 0.1) is 25.0 Å². The number of urea groups is 1. The fraction of sp³-hybridized carbons (Fsp3) is 0.389. The standard InChI is InChI=1S/C18H22N8O2/c1-11(2)17-15-9-25(5-4-16(15)21-22-17)18(27)20-12-6-13(8-14(7-12)28-3)26-10-19-23-24-26/h6-8,10-11H,4-5,9H2,1-3H3,(H,20,27)(H,21,22). The van der Waals surface area contributed by atoms with Crippen LogP contribution in [0.3, 0.4) is 0 Å². The molecule has 2 amide bonds. The third kappa shape index (κ3) is 3.40. The van der Waals surface area contributed by atoms with Crippen molar-refractivity contribution < 1.29 is 9.53 Å². The van der Waals surface area contributed by atoms with E-state index in [1.54, 1.807) is 30.2 Å². The maximum atomic E-state index is 12.9. The Morgan fingerprint density at radius 1 is 1.32 bits per heavy atom. The van der Waals surface area contributed by atoms with Crippen LogP contribution in [0, 0.1) is 0 Å². The summed E-state index contributed by atoms with van der Waals surface area (Å²) in [7, 11) is 1.57. The number of nitrogens with zero attached hydrogens (tertiary/aromatic N) is 6. The zero-order valence-electron chi connectivity index (χ0n) is 16.0. The number of fused-ring (bicyclic) bond motifs is 1. The first-order valence-electron chi connectivity index (χ1n) is 9.09. The summed E-state index contributed by atoms with van der Waals surface area (Å²) in [4.78, 5) is 14.7. The van der Waals surface area contributed by atoms with Gasteiger partial charge in [0.1, 0.15) is 12.1 Å². The summed E-state index contributed by atoms with van der Waals surface area (Å²) in [5, 5.41) is 21.7. The number of ether oxygens (including phenoxy) is 1. The Labute approximate surface area is 161 Å². The number of H-pyrrole nitrogens is 1. The summed E-state index contributed by atoms with van der Waals surface area (Å²) in [6, 6.07) is 5.18. The Hall–Kier alpha value is -3.43. The summed E-state index contributed by atoms with van der Waals surface area (Å²) < 4.78 is 6.85. The predicted octanol–water partition coefficient (Wildman–Crippen LogP) is 2.11. The molecule has 1 aliphatic rings. The van der Waals surface area contributed by atoms with Crippen molar-refractivity contribution in [2.75, 3.05) is 19.0 Å². The zero-order valence-corrected chi connectivity index (χ0v) is 16.0. The minimum absolute atomic E-state index is 0.169. The number of anilines is 1. The van der Waals surface area contributed by atoms with Crippen LogP contribution in [0.15, 0.2) is 24.5 Å². The molecule has 0 bridgehead atoms. The second kappa shape index (κ2) is 7.29. The third-order valence-corrected chi connectivity index (χ3v) is 4.79. The summed E-state index contributed by atoms with van der Waals surface area (Å²) in [6.07, 6.45) is 2.25. The van der Waals surface area contributed by atoms with Crippen molar-refractivity contribution in [2.24, 2.45) is 0 Å². The molecule has 10 heteroatoms. The monoisotopic (exact) mass is 382 g/mol. The smallest absolute Gasteiger partial charge is 0.322 e. The molecular weight excluding hydrogens is 360 g/mol. The fourth-order valence-corrected chi connectivity index (χ4v) is 3.36. The van der Waals surface area contributed by atoms with Crippen molar-refractivity contribution in [1.29, 1.82) is 0 Å². The molecule has 0 atom stereocenters. The molecule has 1 aliphatic heterocycles. The van der Waals surface area contributed by atoms with E-state index in [1.807, 2.05) is 0 Å². The maximum Gasteiger partial charge on any atom is 0.322 e. The Kier molecular flexibility index (Phi) is 4.68. The average molecular weight is 382 g/mol. The Morgan fingerprint density at radius 3 is 2.89 bits per heavy atom. The van der Waals surface area contributed by atoms with E-state index in [-0.39, 0.29) is 6.03 Å². The average Bonchev–Trinajstić information content (AvgIpc) is 3.37. The maximum absolute atomic E-state index is 12.9. The van der Waals surface area contributed by atoms with Gasteiger partial charge in [0.25, 0.3) is 0 Å². The summed E-state index contributed by atoms with van der Waals surface area (Å²) in [6.45, 7) is 5.37. The second-order valence-corrected chi connectivity index (χ2v) is 7.00. The molecular formula is C18H22N8O2. The number of hydrogen-bond acceptors (Lipinski definition) is 6. The number of nitrogens with one attached hydrogen (secondary N) is 2. The minimum Gasteiger partial charge on any atom is -0.497 e. The molecule has 0 aliphatic carbocycles. The van der Waals surface area contributed by atoms with E-state index in [2.05, 4.69) is 44.9 Å². The number of rotatable bonds is 4. The van der Waals surface area contributed by atoms with Crippen LogP contribution in [0.25, 0.3) is 5.69 Å². The van der Waals surface area contributed by atoms with Crippen molar-refractivity contribution in [3.63, 3.8) is 0 Å². The van der Waals surface area contributed by atoms with E-state index in [4.69, 9.17) is 4.74 Å². The quantitative estimate of drug-likeness (QED) is 0.714. The molecule has 0 spiro atoms. The summed E-state index contributed by atoms with van der Waals surface area (Å²) >= 11 is 0. The highest BCUT2D eigenvalue weighted by Crippen LogP contribution is 2.27. The Bertz CT molecular complexity index is 980. The van der Waals surface area contributed by atoms with Crippen molar-refractivity contribution in [3.8, 4) is 11.4 Å². The molecule has 2 N–H and O–H groups in total. The number of aromatic nitrogens is 6. The van der Waals surface area contributed by atoms with Gasteiger partial charge in [0.2, 0.25) is 0 Å². The number of methoxy groups -OCH3 is 1. The molecule has 3 aromatic rings. The highest BCUT2D eigenvalue weighted by Gasteiger charge is 2.26. The molecule has 2 aromatic heterocycles. The second-order valence-electron chi connectivity index (χ2n) is 7.00. The highest BCUT2D eigenvalue weighted by atomic mass is 16.5. The van der Waals surface area contributed by atoms with Crippen LogP contribution in [-0.2, 0) is 13.0 Å². The fourth-order valence-electron chi connectivity index (χ4n) is 3.36. The van der Waals surface area contributed by atoms with Crippen LogP contribution in [0.4, 0.5) is 10.5 Å². The first kappa shape index (κ1) is 18.0. The topological polar surface area (TPSA) is 114 Å². The van der Waals surface area contributed by atoms with Gasteiger partial charge >= 0.3 is 6.03 Å². The first-order chi connectivity index (χ1) is 13.5. The van der Waals surface area contributed by atoms with Crippen molar-refractivity contribution in [2.45, 2.75) is 32.7 Å². The molecule has 10 nitrogen and oxygen atoms in total. The van der Waals surface area contributed by atoms with Gasteiger partial charge in [-0.15, -0.1) is 5.10 Å². The molecule has 0 unspecified atom stereocenters. The molecule has 0 fully saturated rings. The first-order valence-corrected chi connectivity index (χ1v) is 9.09. The molecule has 4 rings (SSSR count). The van der Waals surface area contributed by atoms with Crippen molar-refractivity contribution in [3.05, 3.63) is 41.5 Å². The third-order valence-electron chi connectivity index (χ3n) is 4.79. The number of hydrogen-bond donors (Lipinski definition) is 2. The van der Waals surface area contributed by atoms with Crippen LogP contribution >= 0.6 is 0 Å². The molecule has 1 aromatic carbocycles. The van der Waals surface area contributed by atoms with E-state index in [1.165, 1.54) is 11.0 Å². The Morgan fingerprint density at radius 2 is 2.18 bits per heavy atom. The van der Waals surface area contributed by atoms with E-state index in [0.717, 1.165) is 23.4 Å². The van der Waals surface area contributed by atoms with Gasteiger partial charge in [-0.25, -0.2) is 9.48 Å². The van der Waals surface area contributed by atoms with Crippen LogP contribution in [0.1, 0.15) is 36.7 Å². The Balaban J connectivity index is 1.54. The molecule has 0 saturated heterocycles. The lowest BCUT2D eigenvalue weighted by atomic mass is 10.00. The van der Waals surface area contributed by atoms with E-state index in [0.29, 0.717) is 36.1 Å². The number of benzene rings is 1. The van der Waals surface area contributed by atoms with E-state index < -0.39 is 0 Å². The van der Waals surface area contributed by atoms with E-state index >= 15 is 0 Å². The van der Waals surface area contributed by atoms with Crippen LogP contribution in [0.5, 0.6) is 5.75 Å². The van der Waals surface area contributed by atoms with Gasteiger partial charge < -0.3 is 15.0 Å². The highest BCUT2D eigenvalue weighted by molar-refractivity contribution is 5.90. The van der Waals surface area contributed by atoms with Crippen molar-refractivity contribution >= 4 is 11.7 Å². The van der Waals surface area contributed by atoms with Crippen LogP contribution in [0.2, 0.25) is 0 Å². The van der Waals surface area contributed by atoms with Gasteiger partial charge in [-0.05, 0) is 22.4 Å². The summed E-state index contributed by atoms with van der Waals surface area (Å²) in [5.41, 5.74) is 4.57. The number of amides is 2. The van der Waals surface area contributed by atoms with Gasteiger partial charge in [0, 0.05) is 42.0 Å². The van der Waals surface area contributed by atoms with E-state index in [9.17, 15) is 4.79 Å². The lowest BCUT2D eigenvalue weighted by Gasteiger charge is -2.28. The van der Waals surface area contributed by atoms with Gasteiger partial charge in [-0.2, -0.15) is 5.10 Å². The zero-order chi connectivity index (χ0) is 19.7. The lowest BCUT2D eigenvalue weighted by molar-refractivity contribution is 0.206. The number of carbonyl (C=O) groups is 1. The molecule has 0 radical (unpaired) electrons. The minimum atomic E-state index is -0.169. The SMILES string of the molecule is COc1cc(NC(=O)N2CCc3[nH]nc(C(C)C)c3C2)cc(-n2cnnn2)c1. The predicted molar refractivity (Wildman–Crippen MR) is 102 cm³/mol. The molecule has 146 valence electrons. The number of carbonyl (C=O) groups excluding carboxylic acids is 1. The lowest BCUT2D eigenvalue weighted by Crippen LogP contribution is -2.39. The van der Waals surface area contributed by atoms with Gasteiger partial charge in [-0.3, -0.25) is 5.10 Å². The van der Waals surface area contributed by atoms with Gasteiger partial charge in [0.15, 0.2) is 0 Å². The van der Waals surface area contributed by atoms with Crippen LogP contribution < -0.4 is 10.1 Å². The van der Waals surface area contributed by atoms with Crippen LogP contribution in [-0.4, -0.2) is 55.0 Å². The van der Waals surface area contributed by atoms with Crippen molar-refractivity contribution in [1.82, 2.24) is 35.3 Å². The normalized spacial score (nSPS) is 13.5. The number of tetrazole rings is 1. The molecule has 28 heavy (non-hydrogen) atoms. The summed E-state index contributed by atoms with van der Waals surface area (Å²) in [5.74, 6) is 0.904.